The lowest BCUT2D eigenvalue weighted by Gasteiger charge is -2.31. The number of H-pyrrole nitrogens is 1. The second kappa shape index (κ2) is 4.71. The zero-order chi connectivity index (χ0) is 11.8. The van der Waals surface area contributed by atoms with Crippen molar-refractivity contribution in [3.8, 4) is 0 Å². The third-order valence-electron chi connectivity index (χ3n) is 3.51. The molecule has 1 saturated heterocycles. The van der Waals surface area contributed by atoms with Crippen molar-refractivity contribution < 1.29 is 0 Å². The molecule has 92 valence electrons. The fraction of sp³-hybridized carbons (Fsp3) is 0.667. The highest BCUT2D eigenvalue weighted by atomic mass is 32.2. The third kappa shape index (κ3) is 2.56. The van der Waals surface area contributed by atoms with Gasteiger partial charge in [0.25, 0.3) is 0 Å². The van der Waals surface area contributed by atoms with Gasteiger partial charge in [-0.05, 0) is 31.9 Å². The number of aromatic nitrogens is 2. The molecule has 3 nitrogen and oxygen atoms in total. The molecule has 1 aromatic rings. The van der Waals surface area contributed by atoms with Crippen molar-refractivity contribution in [1.82, 2.24) is 14.9 Å². The van der Waals surface area contributed by atoms with Crippen LogP contribution in [0.3, 0.4) is 0 Å². The number of hydrogen-bond acceptors (Lipinski definition) is 4. The van der Waals surface area contributed by atoms with Crippen LogP contribution < -0.4 is 0 Å². The van der Waals surface area contributed by atoms with Gasteiger partial charge in [0.05, 0.1) is 6.04 Å². The van der Waals surface area contributed by atoms with Crippen LogP contribution >= 0.6 is 24.0 Å². The normalized spacial score (nSPS) is 26.1. The molecule has 17 heavy (non-hydrogen) atoms. The molecule has 0 amide bonds. The van der Waals surface area contributed by atoms with E-state index in [1.54, 1.807) is 0 Å². The molecule has 0 bridgehead atoms. The van der Waals surface area contributed by atoms with E-state index >= 15 is 0 Å². The average molecular weight is 267 g/mol. The Bertz CT molecular complexity index is 467. The Kier molecular flexibility index (Phi) is 3.23. The lowest BCUT2D eigenvalue weighted by atomic mass is 10.2. The van der Waals surface area contributed by atoms with Crippen LogP contribution in [0.4, 0.5) is 0 Å². The van der Waals surface area contributed by atoms with Gasteiger partial charge in [-0.3, -0.25) is 4.90 Å². The van der Waals surface area contributed by atoms with Crippen molar-refractivity contribution in [3.63, 3.8) is 0 Å². The van der Waals surface area contributed by atoms with Crippen molar-refractivity contribution in [2.45, 2.75) is 24.8 Å². The lowest BCUT2D eigenvalue weighted by molar-refractivity contribution is 0.264. The molecule has 1 atom stereocenters. The molecule has 1 N–H and O–H groups in total. The molecule has 0 aromatic carbocycles. The Hall–Kier alpha value is -0.390. The summed E-state index contributed by atoms with van der Waals surface area (Å²) in [4.78, 5) is 10.4. The predicted molar refractivity (Wildman–Crippen MR) is 74.1 cm³/mol. The molecule has 1 aliphatic carbocycles. The predicted octanol–water partition coefficient (Wildman–Crippen LogP) is 2.74. The van der Waals surface area contributed by atoms with E-state index in [0.717, 1.165) is 22.8 Å². The summed E-state index contributed by atoms with van der Waals surface area (Å²) in [7, 11) is 2.17. The molecule has 2 heterocycles. The SMILES string of the molecule is CN1CCSCC1c1nc(=S)cc(C2CC2)[nH]1. The summed E-state index contributed by atoms with van der Waals surface area (Å²) in [5, 5.41) is 0. The first-order valence-corrected chi connectivity index (χ1v) is 7.69. The van der Waals surface area contributed by atoms with E-state index in [2.05, 4.69) is 21.9 Å². The van der Waals surface area contributed by atoms with E-state index in [1.807, 2.05) is 17.8 Å². The standard InChI is InChI=1S/C12H17N3S2/c1-15-4-5-17-7-10(15)12-13-9(8-2-3-8)6-11(16)14-12/h6,8,10H,2-5,7H2,1H3,(H,13,14,16). The molecular weight excluding hydrogens is 250 g/mol. The Labute approximate surface area is 111 Å². The molecular formula is C12H17N3S2. The molecule has 0 spiro atoms. The van der Waals surface area contributed by atoms with Crippen LogP contribution in [-0.4, -0.2) is 40.0 Å². The van der Waals surface area contributed by atoms with Gasteiger partial charge in [0, 0.05) is 23.7 Å². The molecule has 0 radical (unpaired) electrons. The first kappa shape index (κ1) is 11.7. The minimum absolute atomic E-state index is 0.397. The Morgan fingerprint density at radius 2 is 2.35 bits per heavy atom. The Morgan fingerprint density at radius 3 is 3.06 bits per heavy atom. The molecule has 5 heteroatoms. The largest absolute Gasteiger partial charge is 0.346 e. The minimum Gasteiger partial charge on any atom is -0.346 e. The van der Waals surface area contributed by atoms with Gasteiger partial charge in [-0.25, -0.2) is 4.98 Å². The van der Waals surface area contributed by atoms with Crippen LogP contribution in [0, 0.1) is 4.64 Å². The van der Waals surface area contributed by atoms with Gasteiger partial charge < -0.3 is 4.98 Å². The summed E-state index contributed by atoms with van der Waals surface area (Å²) in [5.74, 6) is 4.10. The van der Waals surface area contributed by atoms with Crippen molar-refractivity contribution in [1.29, 1.82) is 0 Å². The molecule has 1 saturated carbocycles. The van der Waals surface area contributed by atoms with Crippen molar-refractivity contribution in [2.75, 3.05) is 25.1 Å². The van der Waals surface area contributed by atoms with Gasteiger partial charge in [0.15, 0.2) is 0 Å². The topological polar surface area (TPSA) is 31.9 Å². The van der Waals surface area contributed by atoms with E-state index in [0.29, 0.717) is 12.0 Å². The minimum atomic E-state index is 0.397. The first-order chi connectivity index (χ1) is 8.24. The number of aromatic amines is 1. The highest BCUT2D eigenvalue weighted by molar-refractivity contribution is 7.99. The molecule has 1 aliphatic heterocycles. The fourth-order valence-electron chi connectivity index (χ4n) is 2.24. The Balaban J connectivity index is 1.92. The van der Waals surface area contributed by atoms with Gasteiger partial charge in [-0.1, -0.05) is 12.2 Å². The van der Waals surface area contributed by atoms with Crippen LogP contribution in [0.25, 0.3) is 0 Å². The molecule has 2 fully saturated rings. The number of nitrogens with zero attached hydrogens (tertiary/aromatic N) is 2. The highest BCUT2D eigenvalue weighted by Gasteiger charge is 2.27. The summed E-state index contributed by atoms with van der Waals surface area (Å²) >= 11 is 7.29. The molecule has 1 unspecified atom stereocenters. The van der Waals surface area contributed by atoms with E-state index in [1.165, 1.54) is 24.3 Å². The summed E-state index contributed by atoms with van der Waals surface area (Å²) in [5.41, 5.74) is 1.30. The molecule has 1 aromatic heterocycles. The van der Waals surface area contributed by atoms with Gasteiger partial charge in [-0.2, -0.15) is 11.8 Å². The summed E-state index contributed by atoms with van der Waals surface area (Å²) in [6.07, 6.45) is 2.59. The summed E-state index contributed by atoms with van der Waals surface area (Å²) in [6, 6.07) is 2.43. The van der Waals surface area contributed by atoms with Crippen LogP contribution in [0.5, 0.6) is 0 Å². The van der Waals surface area contributed by atoms with Gasteiger partial charge >= 0.3 is 0 Å². The smallest absolute Gasteiger partial charge is 0.130 e. The van der Waals surface area contributed by atoms with Crippen molar-refractivity contribution >= 4 is 24.0 Å². The lowest BCUT2D eigenvalue weighted by Crippen LogP contribution is -2.34. The van der Waals surface area contributed by atoms with E-state index in [4.69, 9.17) is 12.2 Å². The van der Waals surface area contributed by atoms with Gasteiger partial charge in [0.1, 0.15) is 10.5 Å². The summed E-state index contributed by atoms with van der Waals surface area (Å²) in [6.45, 7) is 1.13. The fourth-order valence-corrected chi connectivity index (χ4v) is 3.69. The van der Waals surface area contributed by atoms with Crippen LogP contribution in [-0.2, 0) is 0 Å². The highest BCUT2D eigenvalue weighted by Crippen LogP contribution is 2.39. The van der Waals surface area contributed by atoms with E-state index in [-0.39, 0.29) is 0 Å². The zero-order valence-electron chi connectivity index (χ0n) is 9.98. The second-order valence-electron chi connectivity index (χ2n) is 4.91. The molecule has 3 rings (SSSR count). The number of nitrogens with one attached hydrogen (secondary N) is 1. The van der Waals surface area contributed by atoms with Crippen LogP contribution in [0.15, 0.2) is 6.07 Å². The second-order valence-corrected chi connectivity index (χ2v) is 6.47. The number of thioether (sulfide) groups is 1. The number of rotatable bonds is 2. The maximum atomic E-state index is 5.29. The van der Waals surface area contributed by atoms with E-state index < -0.39 is 0 Å². The quantitative estimate of drug-likeness (QED) is 0.835. The first-order valence-electron chi connectivity index (χ1n) is 6.13. The van der Waals surface area contributed by atoms with Crippen molar-refractivity contribution in [2.24, 2.45) is 0 Å². The van der Waals surface area contributed by atoms with Gasteiger partial charge in [0.2, 0.25) is 0 Å². The van der Waals surface area contributed by atoms with Crippen molar-refractivity contribution in [3.05, 3.63) is 22.2 Å². The van der Waals surface area contributed by atoms with Crippen LogP contribution in [0.1, 0.15) is 36.3 Å². The third-order valence-corrected chi connectivity index (χ3v) is 4.74. The zero-order valence-corrected chi connectivity index (χ0v) is 11.6. The van der Waals surface area contributed by atoms with Crippen LogP contribution in [0.2, 0.25) is 0 Å². The Morgan fingerprint density at radius 1 is 1.53 bits per heavy atom. The number of hydrogen-bond donors (Lipinski definition) is 1. The van der Waals surface area contributed by atoms with E-state index in [9.17, 15) is 0 Å². The molecule has 2 aliphatic rings. The maximum Gasteiger partial charge on any atom is 0.130 e. The van der Waals surface area contributed by atoms with Gasteiger partial charge in [-0.15, -0.1) is 0 Å². The monoisotopic (exact) mass is 267 g/mol. The summed E-state index contributed by atoms with van der Waals surface area (Å²) < 4.78 is 0.740. The maximum absolute atomic E-state index is 5.29. The average Bonchev–Trinajstić information content (AvgIpc) is 3.12.